The van der Waals surface area contributed by atoms with E-state index in [0.29, 0.717) is 17.5 Å². The minimum atomic E-state index is -0.359. The molecule has 5 heteroatoms. The zero-order valence-electron chi connectivity index (χ0n) is 14.4. The van der Waals surface area contributed by atoms with Crippen LogP contribution in [0.4, 0.5) is 0 Å². The fourth-order valence-electron chi connectivity index (χ4n) is 4.09. The third-order valence-corrected chi connectivity index (χ3v) is 5.48. The van der Waals surface area contributed by atoms with Crippen molar-refractivity contribution < 1.29 is 9.59 Å². The van der Waals surface area contributed by atoms with Gasteiger partial charge in [-0.1, -0.05) is 12.1 Å². The monoisotopic (exact) mass is 329 g/mol. The van der Waals surface area contributed by atoms with Crippen molar-refractivity contribution in [2.75, 3.05) is 26.2 Å². The summed E-state index contributed by atoms with van der Waals surface area (Å²) in [5.74, 6) is 0.475. The van der Waals surface area contributed by atoms with Crippen LogP contribution >= 0.6 is 0 Å². The molecule has 2 fully saturated rings. The number of nitrogens with zero attached hydrogens (tertiary/aromatic N) is 2. The number of piperidine rings is 1. The first-order valence-electron chi connectivity index (χ1n) is 8.91. The molecule has 0 unspecified atom stereocenters. The van der Waals surface area contributed by atoms with E-state index in [1.54, 1.807) is 13.0 Å². The van der Waals surface area contributed by atoms with Crippen LogP contribution in [0.25, 0.3) is 0 Å². The molecule has 5 nitrogen and oxygen atoms in total. The Kier molecular flexibility index (Phi) is 5.19. The standard InChI is InChI=1S/C19H27N3O2/c1-14(23)21-9-6-18(7-10-21)22-8-5-16(13-22)11-15-3-2-4-17(12-15)19(20)24/h2-4,12,16,18H,5-11,13H2,1H3,(H2,20,24)/t16-/m0/s1. The molecule has 0 aromatic heterocycles. The van der Waals surface area contributed by atoms with Crippen LogP contribution in [0.2, 0.25) is 0 Å². The summed E-state index contributed by atoms with van der Waals surface area (Å²) in [6, 6.07) is 8.31. The normalized spacial score (nSPS) is 22.7. The van der Waals surface area contributed by atoms with Crippen LogP contribution in [0.5, 0.6) is 0 Å². The second kappa shape index (κ2) is 7.34. The molecule has 2 aliphatic rings. The molecule has 24 heavy (non-hydrogen) atoms. The molecule has 1 atom stereocenters. The summed E-state index contributed by atoms with van der Waals surface area (Å²) >= 11 is 0. The van der Waals surface area contributed by atoms with Gasteiger partial charge in [-0.05, 0) is 55.8 Å². The van der Waals surface area contributed by atoms with Gasteiger partial charge in [0.1, 0.15) is 0 Å². The van der Waals surface area contributed by atoms with Crippen LogP contribution in [-0.2, 0) is 11.2 Å². The van der Waals surface area contributed by atoms with Crippen molar-refractivity contribution in [1.82, 2.24) is 9.80 Å². The van der Waals surface area contributed by atoms with Crippen LogP contribution in [0.15, 0.2) is 24.3 Å². The third kappa shape index (κ3) is 3.96. The van der Waals surface area contributed by atoms with Crippen LogP contribution in [-0.4, -0.2) is 53.8 Å². The van der Waals surface area contributed by atoms with Gasteiger partial charge in [0.2, 0.25) is 11.8 Å². The number of carbonyl (C=O) groups excluding carboxylic acids is 2. The molecule has 2 amide bonds. The second-order valence-corrected chi connectivity index (χ2v) is 7.16. The van der Waals surface area contributed by atoms with Crippen molar-refractivity contribution in [3.05, 3.63) is 35.4 Å². The zero-order valence-corrected chi connectivity index (χ0v) is 14.4. The number of likely N-dealkylation sites (tertiary alicyclic amines) is 2. The van der Waals surface area contributed by atoms with Gasteiger partial charge in [-0.2, -0.15) is 0 Å². The molecule has 0 aliphatic carbocycles. The summed E-state index contributed by atoms with van der Waals surface area (Å²) in [4.78, 5) is 27.3. The second-order valence-electron chi connectivity index (χ2n) is 7.16. The topological polar surface area (TPSA) is 66.6 Å². The largest absolute Gasteiger partial charge is 0.366 e. The Morgan fingerprint density at radius 2 is 1.92 bits per heavy atom. The predicted octanol–water partition coefficient (Wildman–Crippen LogP) is 1.66. The number of hydrogen-bond donors (Lipinski definition) is 1. The molecule has 0 spiro atoms. The molecule has 1 aromatic rings. The first-order chi connectivity index (χ1) is 11.5. The highest BCUT2D eigenvalue weighted by molar-refractivity contribution is 5.92. The molecule has 130 valence electrons. The van der Waals surface area contributed by atoms with E-state index in [-0.39, 0.29) is 11.8 Å². The lowest BCUT2D eigenvalue weighted by Crippen LogP contribution is -2.45. The number of benzene rings is 1. The van der Waals surface area contributed by atoms with E-state index >= 15 is 0 Å². The minimum absolute atomic E-state index is 0.196. The van der Waals surface area contributed by atoms with E-state index in [4.69, 9.17) is 5.73 Å². The number of rotatable bonds is 4. The van der Waals surface area contributed by atoms with Gasteiger partial charge in [0, 0.05) is 38.2 Å². The van der Waals surface area contributed by atoms with Gasteiger partial charge in [0.25, 0.3) is 0 Å². The number of nitrogens with two attached hydrogens (primary N) is 1. The fraction of sp³-hybridized carbons (Fsp3) is 0.579. The Balaban J connectivity index is 1.52. The molecule has 0 bridgehead atoms. The molecule has 2 aliphatic heterocycles. The van der Waals surface area contributed by atoms with Gasteiger partial charge in [-0.15, -0.1) is 0 Å². The van der Waals surface area contributed by atoms with E-state index in [1.807, 2.05) is 17.0 Å². The van der Waals surface area contributed by atoms with Crippen LogP contribution in [0.1, 0.15) is 42.1 Å². The highest BCUT2D eigenvalue weighted by Crippen LogP contribution is 2.26. The molecule has 2 N–H and O–H groups in total. The number of carbonyl (C=O) groups is 2. The molecule has 2 saturated heterocycles. The highest BCUT2D eigenvalue weighted by atomic mass is 16.2. The Bertz CT molecular complexity index is 608. The van der Waals surface area contributed by atoms with Crippen LogP contribution in [0, 0.1) is 5.92 Å². The van der Waals surface area contributed by atoms with Crippen LogP contribution in [0.3, 0.4) is 0 Å². The van der Waals surface area contributed by atoms with Crippen LogP contribution < -0.4 is 5.73 Å². The van der Waals surface area contributed by atoms with Crippen molar-refractivity contribution in [2.24, 2.45) is 11.7 Å². The fourth-order valence-corrected chi connectivity index (χ4v) is 4.09. The summed E-state index contributed by atoms with van der Waals surface area (Å²) in [5, 5.41) is 0. The smallest absolute Gasteiger partial charge is 0.248 e. The van der Waals surface area contributed by atoms with Crippen molar-refractivity contribution in [1.29, 1.82) is 0 Å². The van der Waals surface area contributed by atoms with E-state index in [2.05, 4.69) is 11.0 Å². The van der Waals surface area contributed by atoms with Gasteiger partial charge >= 0.3 is 0 Å². The number of hydrogen-bond acceptors (Lipinski definition) is 3. The number of primary amides is 1. The van der Waals surface area contributed by atoms with E-state index in [1.165, 1.54) is 12.0 Å². The number of amides is 2. The Hall–Kier alpha value is -1.88. The Morgan fingerprint density at radius 3 is 2.58 bits per heavy atom. The molecule has 0 saturated carbocycles. The lowest BCUT2D eigenvalue weighted by Gasteiger charge is -2.36. The summed E-state index contributed by atoms with van der Waals surface area (Å²) in [6.45, 7) is 5.70. The average Bonchev–Trinajstić information content (AvgIpc) is 3.03. The molecular weight excluding hydrogens is 302 g/mol. The molecule has 3 rings (SSSR count). The molecular formula is C19H27N3O2. The molecule has 1 aromatic carbocycles. The van der Waals surface area contributed by atoms with E-state index in [9.17, 15) is 9.59 Å². The summed E-state index contributed by atoms with van der Waals surface area (Å²) in [6.07, 6.45) is 4.38. The third-order valence-electron chi connectivity index (χ3n) is 5.48. The lowest BCUT2D eigenvalue weighted by atomic mass is 9.97. The van der Waals surface area contributed by atoms with Crippen molar-refractivity contribution in [3.63, 3.8) is 0 Å². The van der Waals surface area contributed by atoms with Gasteiger partial charge in [-0.3, -0.25) is 14.5 Å². The van der Waals surface area contributed by atoms with Gasteiger partial charge in [0.15, 0.2) is 0 Å². The van der Waals surface area contributed by atoms with E-state index in [0.717, 1.165) is 45.4 Å². The van der Waals surface area contributed by atoms with Crippen molar-refractivity contribution in [3.8, 4) is 0 Å². The highest BCUT2D eigenvalue weighted by Gasteiger charge is 2.31. The van der Waals surface area contributed by atoms with Gasteiger partial charge in [-0.25, -0.2) is 0 Å². The van der Waals surface area contributed by atoms with Gasteiger partial charge in [0.05, 0.1) is 0 Å². The maximum atomic E-state index is 11.4. The first kappa shape index (κ1) is 17.0. The van der Waals surface area contributed by atoms with Gasteiger partial charge < -0.3 is 10.6 Å². The van der Waals surface area contributed by atoms with E-state index < -0.39 is 0 Å². The predicted molar refractivity (Wildman–Crippen MR) is 93.6 cm³/mol. The molecule has 2 heterocycles. The Morgan fingerprint density at radius 1 is 1.17 bits per heavy atom. The average molecular weight is 329 g/mol. The summed E-state index contributed by atoms with van der Waals surface area (Å²) in [7, 11) is 0. The molecule has 0 radical (unpaired) electrons. The zero-order chi connectivity index (χ0) is 17.1. The SMILES string of the molecule is CC(=O)N1CCC(N2CC[C@@H](Cc3cccc(C(N)=O)c3)C2)CC1. The minimum Gasteiger partial charge on any atom is -0.366 e. The summed E-state index contributed by atoms with van der Waals surface area (Å²) < 4.78 is 0. The maximum Gasteiger partial charge on any atom is 0.248 e. The summed E-state index contributed by atoms with van der Waals surface area (Å²) in [5.41, 5.74) is 7.16. The lowest BCUT2D eigenvalue weighted by molar-refractivity contribution is -0.130. The quantitative estimate of drug-likeness (QED) is 0.913. The first-order valence-corrected chi connectivity index (χ1v) is 8.91. The van der Waals surface area contributed by atoms with Crippen molar-refractivity contribution >= 4 is 11.8 Å². The Labute approximate surface area is 143 Å². The maximum absolute atomic E-state index is 11.4. The van der Waals surface area contributed by atoms with Crippen molar-refractivity contribution in [2.45, 2.75) is 38.6 Å².